The van der Waals surface area contributed by atoms with Crippen LogP contribution in [0.1, 0.15) is 49.7 Å². The zero-order valence-electron chi connectivity index (χ0n) is 13.1. The van der Waals surface area contributed by atoms with E-state index in [-0.39, 0.29) is 11.8 Å². The highest BCUT2D eigenvalue weighted by molar-refractivity contribution is 8.00. The Labute approximate surface area is 130 Å². The molecule has 1 aliphatic rings. The zero-order valence-corrected chi connectivity index (χ0v) is 13.9. The van der Waals surface area contributed by atoms with Gasteiger partial charge in [0.2, 0.25) is 0 Å². The van der Waals surface area contributed by atoms with Crippen molar-refractivity contribution in [3.05, 3.63) is 23.4 Å². The molecule has 116 valence electrons. The van der Waals surface area contributed by atoms with Gasteiger partial charge in [0.25, 0.3) is 5.91 Å². The number of rotatable bonds is 3. The van der Waals surface area contributed by atoms with Crippen molar-refractivity contribution in [3.8, 4) is 0 Å². The van der Waals surface area contributed by atoms with Crippen LogP contribution in [0, 0.1) is 0 Å². The van der Waals surface area contributed by atoms with Crippen molar-refractivity contribution in [3.63, 3.8) is 0 Å². The van der Waals surface area contributed by atoms with E-state index in [4.69, 9.17) is 5.84 Å². The fourth-order valence-electron chi connectivity index (χ4n) is 2.57. The molecule has 2 unspecified atom stereocenters. The quantitative estimate of drug-likeness (QED) is 0.663. The average molecular weight is 308 g/mol. The number of pyridine rings is 1. The van der Waals surface area contributed by atoms with Gasteiger partial charge >= 0.3 is 0 Å². The summed E-state index contributed by atoms with van der Waals surface area (Å²) >= 11 is 1.93. The van der Waals surface area contributed by atoms with E-state index in [0.717, 1.165) is 18.8 Å². The normalized spacial score (nSPS) is 22.5. The van der Waals surface area contributed by atoms with Crippen LogP contribution >= 0.6 is 11.8 Å². The molecule has 2 rings (SSSR count). The molecule has 1 fully saturated rings. The summed E-state index contributed by atoms with van der Waals surface area (Å²) in [5, 5.41) is 0.937. The van der Waals surface area contributed by atoms with Gasteiger partial charge in [-0.3, -0.25) is 4.79 Å². The molecule has 1 aromatic rings. The van der Waals surface area contributed by atoms with Crippen molar-refractivity contribution in [2.24, 2.45) is 5.84 Å². The summed E-state index contributed by atoms with van der Waals surface area (Å²) in [6, 6.07) is 3.61. The van der Waals surface area contributed by atoms with Gasteiger partial charge in [-0.15, -0.1) is 0 Å². The van der Waals surface area contributed by atoms with E-state index < -0.39 is 0 Å². The van der Waals surface area contributed by atoms with Gasteiger partial charge in [0.1, 0.15) is 5.82 Å². The van der Waals surface area contributed by atoms with E-state index in [0.29, 0.717) is 21.9 Å². The summed E-state index contributed by atoms with van der Waals surface area (Å²) in [6.07, 6.45) is 0. The van der Waals surface area contributed by atoms with Crippen LogP contribution in [0.25, 0.3) is 0 Å². The third-order valence-corrected chi connectivity index (χ3v) is 4.77. The van der Waals surface area contributed by atoms with Gasteiger partial charge in [-0.2, -0.15) is 11.8 Å². The Balaban J connectivity index is 2.27. The van der Waals surface area contributed by atoms with E-state index in [9.17, 15) is 4.79 Å². The largest absolute Gasteiger partial charge is 0.336 e. The van der Waals surface area contributed by atoms with Crippen molar-refractivity contribution in [2.75, 3.05) is 18.5 Å². The lowest BCUT2D eigenvalue weighted by molar-refractivity contribution is 0.0753. The number of anilines is 1. The maximum atomic E-state index is 12.8. The highest BCUT2D eigenvalue weighted by atomic mass is 32.2. The van der Waals surface area contributed by atoms with E-state index in [2.05, 4.69) is 38.1 Å². The SMILES string of the molecule is CC1CN(C(=O)c2cc(NN)nc(C(C)C)c2)CC(C)S1. The van der Waals surface area contributed by atoms with E-state index in [1.165, 1.54) is 0 Å². The molecule has 1 aromatic heterocycles. The molecule has 2 heterocycles. The number of nitrogens with zero attached hydrogens (tertiary/aromatic N) is 2. The first-order chi connectivity index (χ1) is 9.90. The maximum Gasteiger partial charge on any atom is 0.254 e. The number of carbonyl (C=O) groups is 1. The van der Waals surface area contributed by atoms with Crippen LogP contribution in [0.3, 0.4) is 0 Å². The van der Waals surface area contributed by atoms with Crippen LogP contribution < -0.4 is 11.3 Å². The topological polar surface area (TPSA) is 71.2 Å². The van der Waals surface area contributed by atoms with Crippen LogP contribution in [0.2, 0.25) is 0 Å². The Hall–Kier alpha value is -1.27. The van der Waals surface area contributed by atoms with E-state index in [1.807, 2.05) is 22.7 Å². The molecule has 0 saturated carbocycles. The van der Waals surface area contributed by atoms with Gasteiger partial charge in [-0.1, -0.05) is 27.7 Å². The molecular formula is C15H24N4OS. The first-order valence-electron chi connectivity index (χ1n) is 7.34. The number of nitrogen functional groups attached to an aromatic ring is 1. The van der Waals surface area contributed by atoms with Crippen LogP contribution in [0.15, 0.2) is 12.1 Å². The summed E-state index contributed by atoms with van der Waals surface area (Å²) in [7, 11) is 0. The Morgan fingerprint density at radius 1 is 1.38 bits per heavy atom. The number of nitrogens with one attached hydrogen (secondary N) is 1. The Bertz CT molecular complexity index is 510. The predicted molar refractivity (Wildman–Crippen MR) is 88.6 cm³/mol. The molecule has 3 N–H and O–H groups in total. The minimum Gasteiger partial charge on any atom is -0.336 e. The van der Waals surface area contributed by atoms with Crippen LogP contribution in [0.5, 0.6) is 0 Å². The molecule has 0 radical (unpaired) electrons. The van der Waals surface area contributed by atoms with Crippen LogP contribution in [0.4, 0.5) is 5.82 Å². The lowest BCUT2D eigenvalue weighted by Gasteiger charge is -2.34. The second-order valence-electron chi connectivity index (χ2n) is 5.93. The minimum atomic E-state index is 0.0646. The van der Waals surface area contributed by atoms with E-state index >= 15 is 0 Å². The monoisotopic (exact) mass is 308 g/mol. The number of hydrazine groups is 1. The number of hydrogen-bond acceptors (Lipinski definition) is 5. The van der Waals surface area contributed by atoms with Gasteiger partial charge in [-0.05, 0) is 18.1 Å². The molecule has 0 bridgehead atoms. The van der Waals surface area contributed by atoms with Crippen LogP contribution in [-0.2, 0) is 0 Å². The molecule has 1 amide bonds. The summed E-state index contributed by atoms with van der Waals surface area (Å²) in [6.45, 7) is 10.0. The first-order valence-corrected chi connectivity index (χ1v) is 8.28. The third-order valence-electron chi connectivity index (χ3n) is 3.54. The number of aromatic nitrogens is 1. The number of thioether (sulfide) groups is 1. The minimum absolute atomic E-state index is 0.0646. The highest BCUT2D eigenvalue weighted by Crippen LogP contribution is 2.26. The number of carbonyl (C=O) groups excluding carboxylic acids is 1. The molecule has 2 atom stereocenters. The second kappa shape index (κ2) is 6.66. The van der Waals surface area contributed by atoms with Gasteiger partial charge in [0.05, 0.1) is 0 Å². The van der Waals surface area contributed by atoms with Crippen molar-refractivity contribution in [1.82, 2.24) is 9.88 Å². The maximum absolute atomic E-state index is 12.8. The molecule has 0 aliphatic carbocycles. The second-order valence-corrected chi connectivity index (χ2v) is 7.81. The van der Waals surface area contributed by atoms with Gasteiger partial charge < -0.3 is 10.3 Å². The zero-order chi connectivity index (χ0) is 15.6. The summed E-state index contributed by atoms with van der Waals surface area (Å²) in [5.41, 5.74) is 4.09. The fraction of sp³-hybridized carbons (Fsp3) is 0.600. The predicted octanol–water partition coefficient (Wildman–Crippen LogP) is 2.46. The standard InChI is InChI=1S/C15H24N4OS/c1-9(2)13-5-12(6-14(17-13)18-16)15(20)19-7-10(3)21-11(4)8-19/h5-6,9-11H,7-8,16H2,1-4H3,(H,17,18). The Morgan fingerprint density at radius 3 is 2.52 bits per heavy atom. The Kier molecular flexibility index (Phi) is 5.11. The third kappa shape index (κ3) is 3.89. The highest BCUT2D eigenvalue weighted by Gasteiger charge is 2.27. The Morgan fingerprint density at radius 2 is 2.00 bits per heavy atom. The fourth-order valence-corrected chi connectivity index (χ4v) is 3.90. The van der Waals surface area contributed by atoms with Gasteiger partial charge in [0.15, 0.2) is 0 Å². The molecule has 0 spiro atoms. The molecule has 0 aromatic carbocycles. The van der Waals surface area contributed by atoms with E-state index in [1.54, 1.807) is 6.07 Å². The molecule has 21 heavy (non-hydrogen) atoms. The molecule has 1 aliphatic heterocycles. The summed E-state index contributed by atoms with van der Waals surface area (Å²) < 4.78 is 0. The van der Waals surface area contributed by atoms with Crippen molar-refractivity contribution < 1.29 is 4.79 Å². The van der Waals surface area contributed by atoms with Gasteiger partial charge in [-0.25, -0.2) is 10.8 Å². The average Bonchev–Trinajstić information content (AvgIpc) is 2.44. The van der Waals surface area contributed by atoms with Gasteiger partial charge in [0, 0.05) is 34.8 Å². The number of amides is 1. The summed E-state index contributed by atoms with van der Waals surface area (Å²) in [5.74, 6) is 6.32. The van der Waals surface area contributed by atoms with Crippen molar-refractivity contribution >= 4 is 23.5 Å². The number of hydrogen-bond donors (Lipinski definition) is 2. The van der Waals surface area contributed by atoms with Crippen LogP contribution in [-0.4, -0.2) is 39.4 Å². The molecule has 1 saturated heterocycles. The molecule has 5 nitrogen and oxygen atoms in total. The molecule has 6 heteroatoms. The first kappa shape index (κ1) is 16.1. The number of nitrogens with two attached hydrogens (primary N) is 1. The lowest BCUT2D eigenvalue weighted by atomic mass is 10.1. The smallest absolute Gasteiger partial charge is 0.254 e. The van der Waals surface area contributed by atoms with Crippen molar-refractivity contribution in [2.45, 2.75) is 44.1 Å². The lowest BCUT2D eigenvalue weighted by Crippen LogP contribution is -2.44. The molecular weight excluding hydrogens is 284 g/mol. The van der Waals surface area contributed by atoms with Crippen molar-refractivity contribution in [1.29, 1.82) is 0 Å². The summed E-state index contributed by atoms with van der Waals surface area (Å²) in [4.78, 5) is 19.1.